The molecular weight excluding hydrogens is 268 g/mol. The quantitative estimate of drug-likeness (QED) is 0.904. The summed E-state index contributed by atoms with van der Waals surface area (Å²) in [5.41, 5.74) is 6.86. The first kappa shape index (κ1) is 13.9. The molecule has 0 saturated carbocycles. The van der Waals surface area contributed by atoms with E-state index in [1.165, 1.54) is 6.07 Å². The number of halogens is 3. The first-order valence-corrected chi connectivity index (χ1v) is 5.12. The second-order valence-corrected chi connectivity index (χ2v) is 3.98. The smallest absolute Gasteiger partial charge is 0.137 e. The molecule has 0 bridgehead atoms. The van der Waals surface area contributed by atoms with E-state index in [-0.39, 0.29) is 24.3 Å². The topological polar surface area (TPSA) is 26.0 Å². The summed E-state index contributed by atoms with van der Waals surface area (Å²) in [5.74, 6) is -0.228. The van der Waals surface area contributed by atoms with Crippen LogP contribution in [0.3, 0.4) is 0 Å². The molecule has 1 aromatic rings. The van der Waals surface area contributed by atoms with Gasteiger partial charge in [-0.1, -0.05) is 13.0 Å². The van der Waals surface area contributed by atoms with Crippen LogP contribution in [0.4, 0.5) is 4.39 Å². The minimum Gasteiger partial charge on any atom is -0.327 e. The van der Waals surface area contributed by atoms with E-state index < -0.39 is 0 Å². The fraction of sp³-hybridized carbons (Fsp3) is 0.400. The van der Waals surface area contributed by atoms with Crippen LogP contribution in [0, 0.1) is 5.82 Å². The zero-order chi connectivity index (χ0) is 9.84. The summed E-state index contributed by atoms with van der Waals surface area (Å²) >= 11 is 3.14. The molecule has 0 aliphatic carbocycles. The Kier molecular flexibility index (Phi) is 6.33. The molecule has 1 unspecified atom stereocenters. The Balaban J connectivity index is 0.00000169. The third-order valence-corrected chi connectivity index (χ3v) is 2.61. The number of rotatable bonds is 3. The Morgan fingerprint density at radius 3 is 2.64 bits per heavy atom. The van der Waals surface area contributed by atoms with Gasteiger partial charge in [0.1, 0.15) is 5.82 Å². The monoisotopic (exact) mass is 281 g/mol. The second kappa shape index (κ2) is 6.38. The van der Waals surface area contributed by atoms with Crippen molar-refractivity contribution >= 4 is 28.3 Å². The number of benzene rings is 1. The fourth-order valence-electron chi connectivity index (χ4n) is 1.11. The highest BCUT2D eigenvalue weighted by molar-refractivity contribution is 9.10. The van der Waals surface area contributed by atoms with Crippen molar-refractivity contribution in [2.45, 2.75) is 25.8 Å². The molecule has 0 radical (unpaired) electrons. The molecule has 4 heteroatoms. The molecule has 0 spiro atoms. The summed E-state index contributed by atoms with van der Waals surface area (Å²) in [7, 11) is 0. The van der Waals surface area contributed by atoms with Crippen molar-refractivity contribution in [3.8, 4) is 0 Å². The molecule has 0 aromatic heterocycles. The van der Waals surface area contributed by atoms with Gasteiger partial charge >= 0.3 is 0 Å². The predicted octanol–water partition coefficient (Wildman–Crippen LogP) is 3.29. The molecular formula is C10H14BrClFN. The lowest BCUT2D eigenvalue weighted by Gasteiger charge is -2.08. The summed E-state index contributed by atoms with van der Waals surface area (Å²) < 4.78 is 13.3. The average Bonchev–Trinajstić information content (AvgIpc) is 2.11. The van der Waals surface area contributed by atoms with Crippen molar-refractivity contribution in [3.05, 3.63) is 34.1 Å². The molecule has 1 atom stereocenters. The Morgan fingerprint density at radius 2 is 2.14 bits per heavy atom. The standard InChI is InChI=1S/C10H13BrFN.ClH/c1-2-8(13)5-7-3-4-10(12)9(11)6-7;/h3-4,6,8H,2,5,13H2,1H3;1H. The van der Waals surface area contributed by atoms with E-state index in [4.69, 9.17) is 5.73 Å². The molecule has 14 heavy (non-hydrogen) atoms. The van der Waals surface area contributed by atoms with Crippen molar-refractivity contribution in [2.24, 2.45) is 5.73 Å². The third-order valence-electron chi connectivity index (χ3n) is 2.01. The lowest BCUT2D eigenvalue weighted by atomic mass is 10.1. The predicted molar refractivity (Wildman–Crippen MR) is 63.3 cm³/mol. The summed E-state index contributed by atoms with van der Waals surface area (Å²) in [5, 5.41) is 0. The van der Waals surface area contributed by atoms with Crippen LogP contribution >= 0.6 is 28.3 Å². The van der Waals surface area contributed by atoms with Gasteiger partial charge in [-0.05, 0) is 46.5 Å². The van der Waals surface area contributed by atoms with Crippen LogP contribution < -0.4 is 5.73 Å². The van der Waals surface area contributed by atoms with Gasteiger partial charge in [-0.2, -0.15) is 0 Å². The Bertz CT molecular complexity index is 293. The van der Waals surface area contributed by atoms with Gasteiger partial charge in [-0.15, -0.1) is 12.4 Å². The van der Waals surface area contributed by atoms with Crippen LogP contribution in [0.25, 0.3) is 0 Å². The van der Waals surface area contributed by atoms with Crippen molar-refractivity contribution in [3.63, 3.8) is 0 Å². The maximum absolute atomic E-state index is 12.8. The van der Waals surface area contributed by atoms with E-state index in [2.05, 4.69) is 15.9 Å². The van der Waals surface area contributed by atoms with E-state index >= 15 is 0 Å². The Labute approximate surface area is 98.4 Å². The van der Waals surface area contributed by atoms with E-state index in [1.807, 2.05) is 6.92 Å². The molecule has 1 rings (SSSR count). The highest BCUT2D eigenvalue weighted by Crippen LogP contribution is 2.17. The number of hydrogen-bond acceptors (Lipinski definition) is 1. The normalized spacial score (nSPS) is 12.0. The van der Waals surface area contributed by atoms with Crippen LogP contribution in [0.1, 0.15) is 18.9 Å². The molecule has 80 valence electrons. The van der Waals surface area contributed by atoms with Crippen molar-refractivity contribution in [1.29, 1.82) is 0 Å². The molecule has 1 nitrogen and oxygen atoms in total. The first-order valence-electron chi connectivity index (χ1n) is 4.33. The van der Waals surface area contributed by atoms with Gasteiger partial charge in [0.2, 0.25) is 0 Å². The van der Waals surface area contributed by atoms with Crippen molar-refractivity contribution in [2.75, 3.05) is 0 Å². The van der Waals surface area contributed by atoms with Crippen LogP contribution in [0.2, 0.25) is 0 Å². The van der Waals surface area contributed by atoms with Gasteiger partial charge in [0.05, 0.1) is 4.47 Å². The third kappa shape index (κ3) is 3.95. The van der Waals surface area contributed by atoms with Gasteiger partial charge in [0.25, 0.3) is 0 Å². The Morgan fingerprint density at radius 1 is 1.50 bits per heavy atom. The van der Waals surface area contributed by atoms with Crippen molar-refractivity contribution < 1.29 is 4.39 Å². The second-order valence-electron chi connectivity index (χ2n) is 3.12. The van der Waals surface area contributed by atoms with Gasteiger partial charge < -0.3 is 5.73 Å². The highest BCUT2D eigenvalue weighted by atomic mass is 79.9. The molecule has 0 aliphatic heterocycles. The molecule has 1 aromatic carbocycles. The molecule has 2 N–H and O–H groups in total. The fourth-order valence-corrected chi connectivity index (χ4v) is 1.54. The van der Waals surface area contributed by atoms with Gasteiger partial charge in [0, 0.05) is 6.04 Å². The van der Waals surface area contributed by atoms with Crippen LogP contribution in [-0.4, -0.2) is 6.04 Å². The Hall–Kier alpha value is -0.120. The zero-order valence-corrected chi connectivity index (χ0v) is 10.4. The first-order chi connectivity index (χ1) is 6.13. The molecule has 0 heterocycles. The maximum Gasteiger partial charge on any atom is 0.137 e. The maximum atomic E-state index is 12.8. The average molecular weight is 283 g/mol. The summed E-state index contributed by atoms with van der Waals surface area (Å²) in [6, 6.07) is 5.18. The van der Waals surface area contributed by atoms with Crippen LogP contribution in [0.5, 0.6) is 0 Å². The molecule has 0 amide bonds. The van der Waals surface area contributed by atoms with Gasteiger partial charge in [0.15, 0.2) is 0 Å². The number of hydrogen-bond donors (Lipinski definition) is 1. The summed E-state index contributed by atoms with van der Waals surface area (Å²) in [4.78, 5) is 0. The lowest BCUT2D eigenvalue weighted by Crippen LogP contribution is -2.21. The van der Waals surface area contributed by atoms with Crippen molar-refractivity contribution in [1.82, 2.24) is 0 Å². The minimum absolute atomic E-state index is 0. The molecule has 0 aliphatic rings. The molecule has 0 fully saturated rings. The molecule has 0 saturated heterocycles. The van der Waals surface area contributed by atoms with Crippen LogP contribution in [0.15, 0.2) is 22.7 Å². The number of nitrogens with two attached hydrogens (primary N) is 1. The van der Waals surface area contributed by atoms with E-state index in [0.717, 1.165) is 18.4 Å². The lowest BCUT2D eigenvalue weighted by molar-refractivity contribution is 0.615. The zero-order valence-electron chi connectivity index (χ0n) is 7.97. The summed E-state index contributed by atoms with van der Waals surface area (Å²) in [6.45, 7) is 2.04. The van der Waals surface area contributed by atoms with E-state index in [0.29, 0.717) is 4.47 Å². The van der Waals surface area contributed by atoms with Gasteiger partial charge in [-0.25, -0.2) is 4.39 Å². The SMILES string of the molecule is CCC(N)Cc1ccc(F)c(Br)c1.Cl. The van der Waals surface area contributed by atoms with E-state index in [1.54, 1.807) is 12.1 Å². The van der Waals surface area contributed by atoms with Crippen LogP contribution in [-0.2, 0) is 6.42 Å². The van der Waals surface area contributed by atoms with E-state index in [9.17, 15) is 4.39 Å². The minimum atomic E-state index is -0.228. The largest absolute Gasteiger partial charge is 0.327 e. The highest BCUT2D eigenvalue weighted by Gasteiger charge is 2.04. The summed E-state index contributed by atoms with van der Waals surface area (Å²) in [6.07, 6.45) is 1.74. The van der Waals surface area contributed by atoms with Gasteiger partial charge in [-0.3, -0.25) is 0 Å².